The van der Waals surface area contributed by atoms with Gasteiger partial charge >= 0.3 is 5.97 Å². The van der Waals surface area contributed by atoms with E-state index in [-0.39, 0.29) is 17.0 Å². The van der Waals surface area contributed by atoms with E-state index in [0.717, 1.165) is 4.31 Å². The van der Waals surface area contributed by atoms with E-state index < -0.39 is 17.9 Å². The molecule has 1 atom stereocenters. The molecule has 0 aliphatic carbocycles. The third-order valence-corrected chi connectivity index (χ3v) is 3.36. The molecule has 0 radical (unpaired) electrons. The maximum absolute atomic E-state index is 12.1. The maximum Gasteiger partial charge on any atom is 0.327 e. The van der Waals surface area contributed by atoms with Gasteiger partial charge in [-0.05, 0) is 24.6 Å². The second-order valence-electron chi connectivity index (χ2n) is 3.54. The van der Waals surface area contributed by atoms with Crippen LogP contribution in [0.4, 0.5) is 0 Å². The normalized spacial score (nSPS) is 12.0. The van der Waals surface area contributed by atoms with Crippen molar-refractivity contribution in [2.45, 2.75) is 19.4 Å². The maximum atomic E-state index is 12.1. The van der Waals surface area contributed by atoms with Crippen LogP contribution in [0.15, 0.2) is 18.2 Å². The Kier molecular flexibility index (Phi) is 5.31. The molecule has 0 unspecified atom stereocenters. The Hall–Kier alpha value is -0.910. The minimum atomic E-state index is -1.13. The molecule has 0 fully saturated rings. The number of nitrogens with zero attached hydrogens (tertiary/aromatic N) is 1. The lowest BCUT2D eigenvalue weighted by molar-refractivity contribution is -0.140. The Morgan fingerprint density at radius 2 is 2.06 bits per heavy atom. The van der Waals surface area contributed by atoms with Gasteiger partial charge in [0, 0.05) is 5.02 Å². The fraction of sp³-hybridized carbons (Fsp3) is 0.273. The van der Waals surface area contributed by atoms with Crippen molar-refractivity contribution < 1.29 is 14.7 Å². The Bertz CT molecular complexity index is 481. The smallest absolute Gasteiger partial charge is 0.327 e. The summed E-state index contributed by atoms with van der Waals surface area (Å²) in [5, 5.41) is 9.50. The fourth-order valence-corrected chi connectivity index (χ4v) is 2.12. The van der Waals surface area contributed by atoms with Gasteiger partial charge in [-0.3, -0.25) is 9.10 Å². The number of benzene rings is 1. The van der Waals surface area contributed by atoms with E-state index in [1.165, 1.54) is 18.2 Å². The van der Waals surface area contributed by atoms with Gasteiger partial charge in [-0.15, -0.1) is 0 Å². The molecule has 0 aliphatic heterocycles. The van der Waals surface area contributed by atoms with Crippen LogP contribution >= 0.6 is 36.0 Å². The average Bonchev–Trinajstić information content (AvgIpc) is 2.31. The van der Waals surface area contributed by atoms with Gasteiger partial charge in [0.25, 0.3) is 5.91 Å². The molecule has 98 valence electrons. The molecule has 0 aliphatic rings. The number of hydrogen-bond acceptors (Lipinski definition) is 3. The molecule has 0 saturated carbocycles. The minimum absolute atomic E-state index is 0.124. The summed E-state index contributed by atoms with van der Waals surface area (Å²) in [6.07, 6.45) is 0.239. The van der Waals surface area contributed by atoms with Crippen molar-refractivity contribution in [2.24, 2.45) is 0 Å². The van der Waals surface area contributed by atoms with Crippen molar-refractivity contribution >= 4 is 47.9 Å². The summed E-state index contributed by atoms with van der Waals surface area (Å²) in [5.41, 5.74) is 0.124. The van der Waals surface area contributed by atoms with E-state index in [9.17, 15) is 9.59 Å². The summed E-state index contributed by atoms with van der Waals surface area (Å²) in [4.78, 5) is 23.0. The first kappa shape index (κ1) is 15.1. The van der Waals surface area contributed by atoms with Gasteiger partial charge in [0.15, 0.2) is 0 Å². The molecule has 0 spiro atoms. The second-order valence-corrected chi connectivity index (χ2v) is 4.81. The van der Waals surface area contributed by atoms with Crippen molar-refractivity contribution in [3.8, 4) is 0 Å². The monoisotopic (exact) mass is 307 g/mol. The van der Waals surface area contributed by atoms with Crippen molar-refractivity contribution in [1.29, 1.82) is 0 Å². The van der Waals surface area contributed by atoms with Crippen LogP contribution in [0.25, 0.3) is 0 Å². The molecule has 0 saturated heterocycles. The highest BCUT2D eigenvalue weighted by atomic mass is 35.5. The minimum Gasteiger partial charge on any atom is -0.480 e. The van der Waals surface area contributed by atoms with Gasteiger partial charge in [0.05, 0.1) is 10.6 Å². The van der Waals surface area contributed by atoms with E-state index in [1.807, 2.05) is 0 Å². The van der Waals surface area contributed by atoms with Gasteiger partial charge in [-0.25, -0.2) is 4.79 Å². The van der Waals surface area contributed by atoms with E-state index in [2.05, 4.69) is 12.8 Å². The van der Waals surface area contributed by atoms with Crippen LogP contribution < -0.4 is 0 Å². The molecular weight excluding hydrogens is 297 g/mol. The van der Waals surface area contributed by atoms with Crippen LogP contribution in [-0.4, -0.2) is 27.3 Å². The summed E-state index contributed by atoms with van der Waals surface area (Å²) < 4.78 is 0.847. The predicted octanol–water partition coefficient (Wildman–Crippen LogP) is 3.14. The van der Waals surface area contributed by atoms with Gasteiger partial charge in [0.2, 0.25) is 0 Å². The Balaban J connectivity index is 3.06. The third kappa shape index (κ3) is 3.31. The molecule has 1 N–H and O–H groups in total. The summed E-state index contributed by atoms with van der Waals surface area (Å²) in [6.45, 7) is 1.65. The van der Waals surface area contributed by atoms with Crippen LogP contribution in [0, 0.1) is 0 Å². The standard InChI is InChI=1S/C11H11Cl2NO3S/c1-2-9(11(16)17)14(18)10(15)7-5-6(12)3-4-8(7)13/h3-5,9,18H,2H2,1H3,(H,16,17)/t9-/m1/s1. The highest BCUT2D eigenvalue weighted by Gasteiger charge is 2.27. The summed E-state index contributed by atoms with van der Waals surface area (Å²) >= 11 is 15.6. The zero-order valence-electron chi connectivity index (χ0n) is 9.43. The third-order valence-electron chi connectivity index (χ3n) is 2.33. The number of thiol groups is 1. The topological polar surface area (TPSA) is 57.6 Å². The highest BCUT2D eigenvalue weighted by Crippen LogP contribution is 2.24. The number of carboxylic acids is 1. The molecule has 7 heteroatoms. The number of carboxylic acid groups (broad SMARTS) is 1. The Morgan fingerprint density at radius 3 is 2.56 bits per heavy atom. The number of hydrogen-bond donors (Lipinski definition) is 2. The van der Waals surface area contributed by atoms with Crippen LogP contribution in [0.1, 0.15) is 23.7 Å². The van der Waals surface area contributed by atoms with Crippen molar-refractivity contribution in [2.75, 3.05) is 0 Å². The SMILES string of the molecule is CC[C@H](C(=O)O)N(S)C(=O)c1cc(Cl)ccc1Cl. The lowest BCUT2D eigenvalue weighted by Crippen LogP contribution is -2.38. The summed E-state index contributed by atoms with van der Waals surface area (Å²) in [7, 11) is 0. The second kappa shape index (κ2) is 6.31. The molecule has 18 heavy (non-hydrogen) atoms. The number of aliphatic carboxylic acids is 1. The van der Waals surface area contributed by atoms with Crippen LogP contribution in [-0.2, 0) is 4.79 Å². The number of carbonyl (C=O) groups excluding carboxylic acids is 1. The fourth-order valence-electron chi connectivity index (χ4n) is 1.38. The van der Waals surface area contributed by atoms with Crippen molar-refractivity contribution in [3.05, 3.63) is 33.8 Å². The zero-order valence-corrected chi connectivity index (χ0v) is 11.8. The van der Waals surface area contributed by atoms with Gasteiger partial charge in [-0.2, -0.15) is 0 Å². The van der Waals surface area contributed by atoms with Crippen LogP contribution in [0.5, 0.6) is 0 Å². The molecule has 0 bridgehead atoms. The first-order chi connectivity index (χ1) is 8.38. The molecular formula is C11H11Cl2NO3S. The number of halogens is 2. The Labute approximate surface area is 120 Å². The first-order valence-corrected chi connectivity index (χ1v) is 6.24. The molecule has 1 rings (SSSR count). The van der Waals surface area contributed by atoms with E-state index in [1.54, 1.807) is 6.92 Å². The first-order valence-electron chi connectivity index (χ1n) is 5.08. The molecule has 4 nitrogen and oxygen atoms in total. The van der Waals surface area contributed by atoms with Gasteiger partial charge < -0.3 is 5.11 Å². The van der Waals surface area contributed by atoms with E-state index >= 15 is 0 Å². The molecule has 1 aromatic rings. The number of rotatable bonds is 4. The van der Waals surface area contributed by atoms with Crippen molar-refractivity contribution in [3.63, 3.8) is 0 Å². The quantitative estimate of drug-likeness (QED) is 0.840. The number of amides is 1. The van der Waals surface area contributed by atoms with Crippen LogP contribution in [0.3, 0.4) is 0 Å². The predicted molar refractivity (Wildman–Crippen MR) is 73.3 cm³/mol. The summed E-state index contributed by atoms with van der Waals surface area (Å²) in [5.74, 6) is -1.72. The number of carbonyl (C=O) groups is 2. The van der Waals surface area contributed by atoms with Crippen LogP contribution in [0.2, 0.25) is 10.0 Å². The van der Waals surface area contributed by atoms with Gasteiger partial charge in [-0.1, -0.05) is 42.9 Å². The molecule has 1 amide bonds. The van der Waals surface area contributed by atoms with E-state index in [4.69, 9.17) is 28.3 Å². The van der Waals surface area contributed by atoms with Gasteiger partial charge in [0.1, 0.15) is 6.04 Å². The van der Waals surface area contributed by atoms with E-state index in [0.29, 0.717) is 5.02 Å². The lowest BCUT2D eigenvalue weighted by atomic mass is 10.1. The molecule has 0 aromatic heterocycles. The zero-order chi connectivity index (χ0) is 13.9. The highest BCUT2D eigenvalue weighted by molar-refractivity contribution is 7.78. The van der Waals surface area contributed by atoms with Crippen molar-refractivity contribution in [1.82, 2.24) is 4.31 Å². The lowest BCUT2D eigenvalue weighted by Gasteiger charge is -2.22. The molecule has 1 aromatic carbocycles. The Morgan fingerprint density at radius 1 is 1.44 bits per heavy atom. The largest absolute Gasteiger partial charge is 0.480 e. The molecule has 0 heterocycles. The average molecular weight is 308 g/mol. The summed E-state index contributed by atoms with van der Waals surface area (Å²) in [6, 6.07) is 3.37.